The number of hydrogen-bond donors (Lipinski definition) is 1. The van der Waals surface area contributed by atoms with Crippen LogP contribution < -0.4 is 10.2 Å². The molecule has 2 aromatic heterocycles. The van der Waals surface area contributed by atoms with Gasteiger partial charge in [-0.3, -0.25) is 19.2 Å². The highest BCUT2D eigenvalue weighted by molar-refractivity contribution is 6.12. The molecule has 2 aliphatic rings. The molecule has 1 saturated carbocycles. The van der Waals surface area contributed by atoms with E-state index in [0.29, 0.717) is 22.8 Å². The average molecular weight is 433 g/mol. The summed E-state index contributed by atoms with van der Waals surface area (Å²) in [4.78, 5) is 29.0. The predicted molar refractivity (Wildman–Crippen MR) is 121 cm³/mol. The van der Waals surface area contributed by atoms with Gasteiger partial charge in [-0.15, -0.1) is 0 Å². The number of hydrogen-bond acceptors (Lipinski definition) is 4. The molecular formula is C25H28N4O3. The Morgan fingerprint density at radius 3 is 2.62 bits per heavy atom. The number of rotatable bonds is 5. The number of amides is 2. The molecule has 1 aliphatic carbocycles. The van der Waals surface area contributed by atoms with Crippen molar-refractivity contribution in [3.8, 4) is 11.5 Å². The summed E-state index contributed by atoms with van der Waals surface area (Å²) < 4.78 is 7.12. The van der Waals surface area contributed by atoms with Gasteiger partial charge in [-0.2, -0.15) is 5.10 Å². The van der Waals surface area contributed by atoms with Crippen LogP contribution in [-0.4, -0.2) is 33.2 Å². The van der Waals surface area contributed by atoms with Crippen LogP contribution in [0.5, 0.6) is 0 Å². The van der Waals surface area contributed by atoms with Crippen molar-refractivity contribution in [1.82, 2.24) is 15.1 Å². The van der Waals surface area contributed by atoms with Crippen LogP contribution in [0.25, 0.3) is 11.5 Å². The van der Waals surface area contributed by atoms with E-state index in [-0.39, 0.29) is 24.4 Å². The summed E-state index contributed by atoms with van der Waals surface area (Å²) >= 11 is 0. The van der Waals surface area contributed by atoms with Crippen molar-refractivity contribution in [3.05, 3.63) is 60.0 Å². The van der Waals surface area contributed by atoms with E-state index in [1.807, 2.05) is 37.3 Å². The highest BCUT2D eigenvalue weighted by atomic mass is 16.3. The zero-order chi connectivity index (χ0) is 22.3. The summed E-state index contributed by atoms with van der Waals surface area (Å²) in [6, 6.07) is 13.4. The lowest BCUT2D eigenvalue weighted by Gasteiger charge is -2.43. The first-order valence-corrected chi connectivity index (χ1v) is 11.4. The normalized spacial score (nSPS) is 21.1. The Morgan fingerprint density at radius 2 is 1.97 bits per heavy atom. The van der Waals surface area contributed by atoms with Gasteiger partial charge in [0, 0.05) is 17.8 Å². The van der Waals surface area contributed by atoms with Crippen LogP contribution >= 0.6 is 0 Å². The maximum Gasteiger partial charge on any atom is 0.277 e. The summed E-state index contributed by atoms with van der Waals surface area (Å²) in [7, 11) is 0. The number of fused-ring (bicyclic) bond motifs is 1. The van der Waals surface area contributed by atoms with Crippen molar-refractivity contribution >= 4 is 17.5 Å². The van der Waals surface area contributed by atoms with Crippen molar-refractivity contribution < 1.29 is 14.0 Å². The fraction of sp³-hybridized carbons (Fsp3) is 0.400. The third-order valence-electron chi connectivity index (χ3n) is 6.71. The highest BCUT2D eigenvalue weighted by Gasteiger charge is 2.49. The zero-order valence-electron chi connectivity index (χ0n) is 18.5. The van der Waals surface area contributed by atoms with Crippen LogP contribution in [0.4, 0.5) is 5.69 Å². The Morgan fingerprint density at radius 1 is 1.22 bits per heavy atom. The van der Waals surface area contributed by atoms with E-state index in [1.165, 1.54) is 5.56 Å². The lowest BCUT2D eigenvalue weighted by atomic mass is 9.93. The Labute approximate surface area is 187 Å². The molecule has 1 aliphatic heterocycles. The zero-order valence-corrected chi connectivity index (χ0v) is 18.5. The molecule has 5 rings (SSSR count). The monoisotopic (exact) mass is 432 g/mol. The summed E-state index contributed by atoms with van der Waals surface area (Å²) in [5.41, 5.74) is 1.82. The van der Waals surface area contributed by atoms with E-state index in [0.717, 1.165) is 32.1 Å². The standard InChI is InChI=1S/C25H28N4O3/c1-3-17-10-12-19(13-11-17)29-23(30)21-15-20(22-9-6-14-32-22)27-28(21)16-25(29,2)24(31)26-18-7-4-5-8-18/h6,9-15,18H,3-5,7-8,16H2,1-2H3,(H,26,31). The van der Waals surface area contributed by atoms with E-state index < -0.39 is 5.54 Å². The number of nitrogens with one attached hydrogen (secondary N) is 1. The fourth-order valence-electron chi connectivity index (χ4n) is 4.82. The Bertz CT molecular complexity index is 1130. The topological polar surface area (TPSA) is 80.4 Å². The molecule has 1 unspecified atom stereocenters. The molecule has 1 N–H and O–H groups in total. The van der Waals surface area contributed by atoms with Crippen molar-refractivity contribution in [2.24, 2.45) is 0 Å². The molecule has 7 heteroatoms. The van der Waals surface area contributed by atoms with Gasteiger partial charge in [-0.25, -0.2) is 0 Å². The van der Waals surface area contributed by atoms with Crippen LogP contribution in [0.3, 0.4) is 0 Å². The molecule has 0 spiro atoms. The van der Waals surface area contributed by atoms with Gasteiger partial charge in [0.15, 0.2) is 5.76 Å². The Hall–Kier alpha value is -3.35. The van der Waals surface area contributed by atoms with Gasteiger partial charge in [-0.1, -0.05) is 31.9 Å². The lowest BCUT2D eigenvalue weighted by Crippen LogP contribution is -2.65. The van der Waals surface area contributed by atoms with E-state index in [9.17, 15) is 9.59 Å². The lowest BCUT2D eigenvalue weighted by molar-refractivity contribution is -0.127. The number of nitrogens with zero attached hydrogens (tertiary/aromatic N) is 3. The summed E-state index contributed by atoms with van der Waals surface area (Å²) in [5, 5.41) is 7.81. The third kappa shape index (κ3) is 3.42. The van der Waals surface area contributed by atoms with Gasteiger partial charge >= 0.3 is 0 Å². The molecule has 1 fully saturated rings. The van der Waals surface area contributed by atoms with Crippen molar-refractivity contribution in [1.29, 1.82) is 0 Å². The predicted octanol–water partition coefficient (Wildman–Crippen LogP) is 4.18. The first kappa shape index (κ1) is 20.5. The van der Waals surface area contributed by atoms with Crippen molar-refractivity contribution in [3.63, 3.8) is 0 Å². The molecule has 3 aromatic rings. The number of furan rings is 1. The highest BCUT2D eigenvalue weighted by Crippen LogP contribution is 2.35. The second-order valence-electron chi connectivity index (χ2n) is 8.94. The van der Waals surface area contributed by atoms with Gasteiger partial charge < -0.3 is 9.73 Å². The molecule has 0 radical (unpaired) electrons. The Kier molecular flexibility index (Phi) is 5.12. The first-order chi connectivity index (χ1) is 15.5. The second kappa shape index (κ2) is 7.97. The number of carbonyl (C=O) groups is 2. The van der Waals surface area contributed by atoms with Gasteiger partial charge in [-0.05, 0) is 56.0 Å². The molecule has 2 amide bonds. The fourth-order valence-corrected chi connectivity index (χ4v) is 4.82. The molecule has 1 aromatic carbocycles. The molecule has 32 heavy (non-hydrogen) atoms. The van der Waals surface area contributed by atoms with E-state index in [1.54, 1.807) is 28.0 Å². The molecule has 7 nitrogen and oxygen atoms in total. The maximum absolute atomic E-state index is 13.8. The van der Waals surface area contributed by atoms with Crippen molar-refractivity contribution in [2.75, 3.05) is 4.90 Å². The maximum atomic E-state index is 13.8. The SMILES string of the molecule is CCc1ccc(N2C(=O)c3cc(-c4ccco4)nn3CC2(C)C(=O)NC2CCCC2)cc1. The van der Waals surface area contributed by atoms with Gasteiger partial charge in [0.25, 0.3) is 5.91 Å². The number of benzene rings is 1. The minimum atomic E-state index is -1.10. The van der Waals surface area contributed by atoms with E-state index in [4.69, 9.17) is 4.42 Å². The van der Waals surface area contributed by atoms with Gasteiger partial charge in [0.05, 0.1) is 12.8 Å². The van der Waals surface area contributed by atoms with Crippen molar-refractivity contribution in [2.45, 2.75) is 64.1 Å². The summed E-state index contributed by atoms with van der Waals surface area (Å²) in [6.45, 7) is 4.19. The summed E-state index contributed by atoms with van der Waals surface area (Å²) in [6.07, 6.45) is 6.70. The number of aryl methyl sites for hydroxylation is 1. The van der Waals surface area contributed by atoms with Crippen LogP contribution in [-0.2, 0) is 17.8 Å². The average Bonchev–Trinajstić information content (AvgIpc) is 3.55. The van der Waals surface area contributed by atoms with Crippen LogP contribution in [0.15, 0.2) is 53.1 Å². The number of carbonyl (C=O) groups excluding carboxylic acids is 2. The summed E-state index contributed by atoms with van der Waals surface area (Å²) in [5.74, 6) is 0.212. The molecule has 1 atom stereocenters. The number of anilines is 1. The van der Waals surface area contributed by atoms with Crippen LogP contribution in [0, 0.1) is 0 Å². The van der Waals surface area contributed by atoms with Gasteiger partial charge in [0.1, 0.15) is 16.9 Å². The largest absolute Gasteiger partial charge is 0.463 e. The van der Waals surface area contributed by atoms with E-state index in [2.05, 4.69) is 17.3 Å². The molecule has 0 saturated heterocycles. The molecule has 166 valence electrons. The Balaban J connectivity index is 1.57. The minimum absolute atomic E-state index is 0.141. The smallest absolute Gasteiger partial charge is 0.277 e. The van der Waals surface area contributed by atoms with Gasteiger partial charge in [0.2, 0.25) is 5.91 Å². The number of aromatic nitrogens is 2. The molecule has 0 bridgehead atoms. The van der Waals surface area contributed by atoms with E-state index >= 15 is 0 Å². The first-order valence-electron chi connectivity index (χ1n) is 11.4. The quantitative estimate of drug-likeness (QED) is 0.656. The minimum Gasteiger partial charge on any atom is -0.463 e. The van der Waals surface area contributed by atoms with Crippen LogP contribution in [0.2, 0.25) is 0 Å². The molecule has 3 heterocycles. The van der Waals surface area contributed by atoms with Crippen LogP contribution in [0.1, 0.15) is 55.6 Å². The third-order valence-corrected chi connectivity index (χ3v) is 6.71. The molecular weight excluding hydrogens is 404 g/mol. The second-order valence-corrected chi connectivity index (χ2v) is 8.94.